The Morgan fingerprint density at radius 3 is 1.73 bits per heavy atom. The molecule has 0 aromatic rings. The number of esters is 2. The van der Waals surface area contributed by atoms with Crippen LogP contribution in [0.25, 0.3) is 0 Å². The molecule has 0 aromatic carbocycles. The fourth-order valence-electron chi connectivity index (χ4n) is 1.57. The smallest absolute Gasteiger partial charge is 0.303 e. The van der Waals surface area contributed by atoms with E-state index in [2.05, 4.69) is 0 Å². The lowest BCUT2D eigenvalue weighted by Gasteiger charge is -2.23. The van der Waals surface area contributed by atoms with Crippen molar-refractivity contribution in [3.8, 4) is 0 Å². The third-order valence-electron chi connectivity index (χ3n) is 2.14. The standard InChI is InChI=1S/C10H16O5/c1-7(11)14-9-3-5-13-6-4-10(9)15-8(2)12/h9-10H,3-6H2,1-2H3/t9-,10+. The normalized spacial score (nSPS) is 26.5. The van der Waals surface area contributed by atoms with Crippen molar-refractivity contribution in [1.82, 2.24) is 0 Å². The van der Waals surface area contributed by atoms with Gasteiger partial charge in [0.25, 0.3) is 0 Å². The molecule has 0 aromatic heterocycles. The van der Waals surface area contributed by atoms with Crippen LogP contribution in [0.1, 0.15) is 26.7 Å². The van der Waals surface area contributed by atoms with Crippen LogP contribution in [0.5, 0.6) is 0 Å². The fourth-order valence-corrected chi connectivity index (χ4v) is 1.57. The maximum Gasteiger partial charge on any atom is 0.303 e. The lowest BCUT2D eigenvalue weighted by Crippen LogP contribution is -2.34. The summed E-state index contributed by atoms with van der Waals surface area (Å²) in [5.41, 5.74) is 0. The SMILES string of the molecule is CC(=O)O[C@H]1CCOCC[C@H]1OC(C)=O. The van der Waals surface area contributed by atoms with Crippen molar-refractivity contribution in [2.75, 3.05) is 13.2 Å². The van der Waals surface area contributed by atoms with E-state index in [1.54, 1.807) is 0 Å². The first-order chi connectivity index (χ1) is 7.09. The monoisotopic (exact) mass is 216 g/mol. The lowest BCUT2D eigenvalue weighted by molar-refractivity contribution is -0.165. The van der Waals surface area contributed by atoms with E-state index in [4.69, 9.17) is 14.2 Å². The van der Waals surface area contributed by atoms with E-state index < -0.39 is 0 Å². The molecule has 5 nitrogen and oxygen atoms in total. The number of carbonyl (C=O) groups is 2. The number of hydrogen-bond acceptors (Lipinski definition) is 5. The Kier molecular flexibility index (Phi) is 4.55. The zero-order valence-corrected chi connectivity index (χ0v) is 9.02. The molecule has 1 aliphatic rings. The summed E-state index contributed by atoms with van der Waals surface area (Å²) >= 11 is 0. The van der Waals surface area contributed by atoms with E-state index in [9.17, 15) is 9.59 Å². The van der Waals surface area contributed by atoms with Crippen LogP contribution < -0.4 is 0 Å². The van der Waals surface area contributed by atoms with Gasteiger partial charge in [-0.15, -0.1) is 0 Å². The second-order valence-electron chi connectivity index (χ2n) is 3.49. The first-order valence-electron chi connectivity index (χ1n) is 5.02. The Morgan fingerprint density at radius 1 is 1.00 bits per heavy atom. The third-order valence-corrected chi connectivity index (χ3v) is 2.14. The fraction of sp³-hybridized carbons (Fsp3) is 0.800. The zero-order chi connectivity index (χ0) is 11.3. The summed E-state index contributed by atoms with van der Waals surface area (Å²) in [4.78, 5) is 21.7. The first kappa shape index (κ1) is 12.0. The van der Waals surface area contributed by atoms with Gasteiger partial charge in [0.1, 0.15) is 12.2 Å². The van der Waals surface area contributed by atoms with Crippen LogP contribution in [0.4, 0.5) is 0 Å². The summed E-state index contributed by atoms with van der Waals surface area (Å²) in [6.45, 7) is 3.73. The summed E-state index contributed by atoms with van der Waals surface area (Å²) in [5, 5.41) is 0. The van der Waals surface area contributed by atoms with Gasteiger partial charge in [-0.05, 0) is 0 Å². The Hall–Kier alpha value is -1.10. The van der Waals surface area contributed by atoms with Crippen LogP contribution in [0, 0.1) is 0 Å². The molecular weight excluding hydrogens is 200 g/mol. The molecule has 86 valence electrons. The number of rotatable bonds is 2. The second-order valence-corrected chi connectivity index (χ2v) is 3.49. The molecule has 0 unspecified atom stereocenters. The van der Waals surface area contributed by atoms with E-state index in [0.29, 0.717) is 26.1 Å². The molecule has 0 aliphatic carbocycles. The summed E-state index contributed by atoms with van der Waals surface area (Å²) in [6.07, 6.45) is 0.373. The minimum absolute atomic E-state index is 0.362. The molecule has 0 saturated carbocycles. The van der Waals surface area contributed by atoms with Gasteiger partial charge < -0.3 is 14.2 Å². The van der Waals surface area contributed by atoms with Crippen molar-refractivity contribution >= 4 is 11.9 Å². The van der Waals surface area contributed by atoms with E-state index in [1.165, 1.54) is 13.8 Å². The highest BCUT2D eigenvalue weighted by molar-refractivity contribution is 5.67. The first-order valence-corrected chi connectivity index (χ1v) is 5.02. The maximum atomic E-state index is 10.9. The van der Waals surface area contributed by atoms with Crippen molar-refractivity contribution in [1.29, 1.82) is 0 Å². The molecule has 2 atom stereocenters. The highest BCUT2D eigenvalue weighted by atomic mass is 16.6. The summed E-state index contributed by atoms with van der Waals surface area (Å²) in [7, 11) is 0. The predicted molar refractivity (Wildman–Crippen MR) is 51.2 cm³/mol. The molecule has 1 fully saturated rings. The molecule has 1 aliphatic heterocycles. The molecule has 15 heavy (non-hydrogen) atoms. The molecular formula is C10H16O5. The van der Waals surface area contributed by atoms with Gasteiger partial charge >= 0.3 is 11.9 Å². The van der Waals surface area contributed by atoms with Crippen LogP contribution in [-0.4, -0.2) is 37.4 Å². The van der Waals surface area contributed by atoms with Crippen molar-refractivity contribution in [2.24, 2.45) is 0 Å². The van der Waals surface area contributed by atoms with Crippen molar-refractivity contribution in [3.05, 3.63) is 0 Å². The molecule has 1 heterocycles. The molecule has 5 heteroatoms. The van der Waals surface area contributed by atoms with Crippen LogP contribution in [0.3, 0.4) is 0 Å². The molecule has 0 bridgehead atoms. The number of carbonyl (C=O) groups excluding carboxylic acids is 2. The third kappa shape index (κ3) is 4.29. The topological polar surface area (TPSA) is 61.8 Å². The van der Waals surface area contributed by atoms with Gasteiger partial charge in [0.2, 0.25) is 0 Å². The molecule has 1 saturated heterocycles. The van der Waals surface area contributed by atoms with Gasteiger partial charge in [-0.3, -0.25) is 9.59 Å². The zero-order valence-electron chi connectivity index (χ0n) is 9.02. The molecule has 1 rings (SSSR count). The highest BCUT2D eigenvalue weighted by Crippen LogP contribution is 2.16. The molecule has 0 spiro atoms. The number of hydrogen-bond donors (Lipinski definition) is 0. The van der Waals surface area contributed by atoms with Gasteiger partial charge in [-0.1, -0.05) is 0 Å². The van der Waals surface area contributed by atoms with Gasteiger partial charge in [-0.2, -0.15) is 0 Å². The Labute approximate surface area is 88.7 Å². The molecule has 0 N–H and O–H groups in total. The summed E-state index contributed by atoms with van der Waals surface area (Å²) in [6, 6.07) is 0. The Balaban J connectivity index is 2.58. The minimum atomic E-state index is -0.381. The van der Waals surface area contributed by atoms with E-state index in [0.717, 1.165) is 0 Å². The van der Waals surface area contributed by atoms with Crippen LogP contribution in [0.15, 0.2) is 0 Å². The Bertz CT molecular complexity index is 214. The van der Waals surface area contributed by atoms with Gasteiger partial charge in [0.15, 0.2) is 0 Å². The van der Waals surface area contributed by atoms with E-state index in [-0.39, 0.29) is 24.1 Å². The maximum absolute atomic E-state index is 10.9. The van der Waals surface area contributed by atoms with Crippen LogP contribution >= 0.6 is 0 Å². The number of ether oxygens (including phenoxy) is 3. The van der Waals surface area contributed by atoms with Gasteiger partial charge in [-0.25, -0.2) is 0 Å². The Morgan fingerprint density at radius 2 is 1.40 bits per heavy atom. The van der Waals surface area contributed by atoms with Crippen LogP contribution in [0.2, 0.25) is 0 Å². The quantitative estimate of drug-likeness (QED) is 0.634. The summed E-state index contributed by atoms with van der Waals surface area (Å²) in [5.74, 6) is -0.724. The van der Waals surface area contributed by atoms with Crippen molar-refractivity contribution < 1.29 is 23.8 Å². The van der Waals surface area contributed by atoms with E-state index >= 15 is 0 Å². The second kappa shape index (κ2) is 5.70. The van der Waals surface area contributed by atoms with E-state index in [1.807, 2.05) is 0 Å². The van der Waals surface area contributed by atoms with Crippen molar-refractivity contribution in [3.63, 3.8) is 0 Å². The predicted octanol–water partition coefficient (Wildman–Crippen LogP) is 0.660. The van der Waals surface area contributed by atoms with Crippen molar-refractivity contribution in [2.45, 2.75) is 38.9 Å². The van der Waals surface area contributed by atoms with Gasteiger partial charge in [0, 0.05) is 26.7 Å². The highest BCUT2D eigenvalue weighted by Gasteiger charge is 2.28. The van der Waals surface area contributed by atoms with Crippen LogP contribution in [-0.2, 0) is 23.8 Å². The van der Waals surface area contributed by atoms with Gasteiger partial charge in [0.05, 0.1) is 13.2 Å². The minimum Gasteiger partial charge on any atom is -0.459 e. The average Bonchev–Trinajstić information content (AvgIpc) is 2.30. The largest absolute Gasteiger partial charge is 0.459 e. The molecule has 0 amide bonds. The lowest BCUT2D eigenvalue weighted by atomic mass is 10.1. The molecule has 0 radical (unpaired) electrons. The summed E-state index contributed by atoms with van der Waals surface area (Å²) < 4.78 is 15.4. The average molecular weight is 216 g/mol.